The van der Waals surface area contributed by atoms with Crippen LogP contribution in [0, 0.1) is 35.5 Å². The van der Waals surface area contributed by atoms with E-state index in [0.29, 0.717) is 24.7 Å². The number of alkyl halides is 2. The maximum Gasteiger partial charge on any atom is 0.103 e. The Morgan fingerprint density at radius 2 is 1.36 bits per heavy atom. The van der Waals surface area contributed by atoms with Gasteiger partial charge in [-0.1, -0.05) is 54.4 Å². The van der Waals surface area contributed by atoms with Crippen LogP contribution in [0.15, 0.2) is 0 Å². The van der Waals surface area contributed by atoms with Gasteiger partial charge in [0.1, 0.15) is 12.3 Å². The molecule has 2 heteroatoms. The summed E-state index contributed by atoms with van der Waals surface area (Å²) in [4.78, 5) is 0. The molecule has 0 aromatic carbocycles. The Hall–Kier alpha value is -0.140. The number of halogens is 2. The number of hydrogen-bond donors (Lipinski definition) is 0. The van der Waals surface area contributed by atoms with Crippen molar-refractivity contribution in [3.05, 3.63) is 0 Å². The van der Waals surface area contributed by atoms with E-state index in [2.05, 4.69) is 13.8 Å². The Balaban J connectivity index is 2.40. The van der Waals surface area contributed by atoms with E-state index >= 15 is 0 Å². The van der Waals surface area contributed by atoms with Gasteiger partial charge in [0.25, 0.3) is 0 Å². The van der Waals surface area contributed by atoms with E-state index in [0.717, 1.165) is 5.92 Å². The second-order valence-corrected chi connectivity index (χ2v) is 8.58. The average Bonchev–Trinajstić information content (AvgIpc) is 2.46. The molecule has 0 spiro atoms. The molecule has 1 aliphatic rings. The monoisotopic (exact) mass is 316 g/mol. The van der Waals surface area contributed by atoms with E-state index < -0.39 is 12.3 Å². The van der Waals surface area contributed by atoms with E-state index in [1.54, 1.807) is 0 Å². The van der Waals surface area contributed by atoms with E-state index in [1.807, 2.05) is 27.7 Å². The highest BCUT2D eigenvalue weighted by Gasteiger charge is 2.30. The van der Waals surface area contributed by atoms with Crippen molar-refractivity contribution in [1.29, 1.82) is 0 Å². The topological polar surface area (TPSA) is 0 Å². The minimum atomic E-state index is -0.804. The molecule has 22 heavy (non-hydrogen) atoms. The molecule has 5 atom stereocenters. The molecule has 0 N–H and O–H groups in total. The van der Waals surface area contributed by atoms with Crippen molar-refractivity contribution in [3.8, 4) is 0 Å². The lowest BCUT2D eigenvalue weighted by Gasteiger charge is -2.33. The lowest BCUT2D eigenvalue weighted by atomic mass is 9.74. The zero-order chi connectivity index (χ0) is 16.9. The molecule has 0 aliphatic heterocycles. The van der Waals surface area contributed by atoms with Crippen molar-refractivity contribution in [2.45, 2.75) is 92.4 Å². The number of rotatable bonds is 8. The Kier molecular flexibility index (Phi) is 8.35. The van der Waals surface area contributed by atoms with Crippen LogP contribution in [-0.4, -0.2) is 12.3 Å². The van der Waals surface area contributed by atoms with Crippen LogP contribution in [0.1, 0.15) is 80.1 Å². The molecule has 5 unspecified atom stereocenters. The van der Waals surface area contributed by atoms with E-state index in [-0.39, 0.29) is 17.8 Å². The van der Waals surface area contributed by atoms with Crippen molar-refractivity contribution in [1.82, 2.24) is 0 Å². The van der Waals surface area contributed by atoms with Gasteiger partial charge in [-0.3, -0.25) is 0 Å². The van der Waals surface area contributed by atoms with Gasteiger partial charge < -0.3 is 0 Å². The summed E-state index contributed by atoms with van der Waals surface area (Å²) in [6.07, 6.45) is 4.69. The third kappa shape index (κ3) is 6.16. The minimum Gasteiger partial charge on any atom is -0.247 e. The van der Waals surface area contributed by atoms with Crippen LogP contribution in [-0.2, 0) is 0 Å². The Morgan fingerprint density at radius 1 is 0.818 bits per heavy atom. The highest BCUT2D eigenvalue weighted by molar-refractivity contribution is 4.80. The first-order valence-corrected chi connectivity index (χ1v) is 9.50. The Morgan fingerprint density at radius 3 is 1.86 bits per heavy atom. The molecule has 0 saturated heterocycles. The first kappa shape index (κ1) is 19.9. The lowest BCUT2D eigenvalue weighted by Crippen LogP contribution is -2.28. The normalized spacial score (nSPS) is 29.9. The fourth-order valence-electron chi connectivity index (χ4n) is 3.82. The summed E-state index contributed by atoms with van der Waals surface area (Å²) >= 11 is 0. The van der Waals surface area contributed by atoms with E-state index in [1.165, 1.54) is 25.7 Å². The van der Waals surface area contributed by atoms with Crippen LogP contribution in [0.4, 0.5) is 8.78 Å². The van der Waals surface area contributed by atoms with Gasteiger partial charge in [-0.2, -0.15) is 0 Å². The summed E-state index contributed by atoms with van der Waals surface area (Å²) in [6.45, 7) is 12.3. The molecule has 1 fully saturated rings. The van der Waals surface area contributed by atoms with Crippen LogP contribution in [0.2, 0.25) is 0 Å². The van der Waals surface area contributed by atoms with Gasteiger partial charge in [-0.15, -0.1) is 0 Å². The third-order valence-electron chi connectivity index (χ3n) is 6.25. The van der Waals surface area contributed by atoms with Crippen molar-refractivity contribution in [3.63, 3.8) is 0 Å². The van der Waals surface area contributed by atoms with Gasteiger partial charge in [0.15, 0.2) is 0 Å². The summed E-state index contributed by atoms with van der Waals surface area (Å²) < 4.78 is 28.5. The predicted octanol–water partition coefficient (Wildman–Crippen LogP) is 6.83. The maximum atomic E-state index is 14.7. The van der Waals surface area contributed by atoms with Crippen LogP contribution in [0.25, 0.3) is 0 Å². The Bertz CT molecular complexity index is 294. The largest absolute Gasteiger partial charge is 0.247 e. The molecule has 0 aromatic rings. The third-order valence-corrected chi connectivity index (χ3v) is 6.25. The highest BCUT2D eigenvalue weighted by Crippen LogP contribution is 2.37. The van der Waals surface area contributed by atoms with Crippen molar-refractivity contribution < 1.29 is 8.78 Å². The van der Waals surface area contributed by atoms with Crippen LogP contribution >= 0.6 is 0 Å². The zero-order valence-electron chi connectivity index (χ0n) is 15.6. The molecule has 0 bridgehead atoms. The van der Waals surface area contributed by atoms with Crippen molar-refractivity contribution in [2.24, 2.45) is 35.5 Å². The molecule has 0 amide bonds. The molecular weight excluding hydrogens is 278 g/mol. The number of hydrogen-bond acceptors (Lipinski definition) is 0. The molecule has 0 aromatic heterocycles. The molecule has 1 rings (SSSR count). The first-order valence-electron chi connectivity index (χ1n) is 9.50. The summed E-state index contributed by atoms with van der Waals surface area (Å²) in [5.74, 6) is 2.12. The van der Waals surface area contributed by atoms with Gasteiger partial charge in [0, 0.05) is 0 Å². The second-order valence-electron chi connectivity index (χ2n) is 8.58. The van der Waals surface area contributed by atoms with Gasteiger partial charge in [0.2, 0.25) is 0 Å². The predicted molar refractivity (Wildman–Crippen MR) is 92.5 cm³/mol. The molecule has 1 saturated carbocycles. The fraction of sp³-hybridized carbons (Fsp3) is 1.00. The quantitative estimate of drug-likeness (QED) is 0.460. The summed E-state index contributed by atoms with van der Waals surface area (Å²) in [5, 5.41) is 0. The smallest absolute Gasteiger partial charge is 0.103 e. The van der Waals surface area contributed by atoms with Gasteiger partial charge in [-0.05, 0) is 61.2 Å². The van der Waals surface area contributed by atoms with Crippen LogP contribution in [0.5, 0.6) is 0 Å². The van der Waals surface area contributed by atoms with E-state index in [9.17, 15) is 8.78 Å². The highest BCUT2D eigenvalue weighted by atomic mass is 19.1. The minimum absolute atomic E-state index is 0.0378. The molecular formula is C20H38F2. The standard InChI is InChI=1S/C20H38F2/c1-13(2)19(21)11-15(4)17(6)20(22)12-16(5)18-9-7-14(3)8-10-18/h13-20H,7-12H2,1-6H3. The van der Waals surface area contributed by atoms with Crippen molar-refractivity contribution in [2.75, 3.05) is 0 Å². The second kappa shape index (κ2) is 9.23. The molecule has 1 aliphatic carbocycles. The summed E-state index contributed by atoms with van der Waals surface area (Å²) in [5.41, 5.74) is 0. The average molecular weight is 317 g/mol. The van der Waals surface area contributed by atoms with Crippen LogP contribution < -0.4 is 0 Å². The summed E-state index contributed by atoms with van der Waals surface area (Å²) in [6, 6.07) is 0. The van der Waals surface area contributed by atoms with Gasteiger partial charge >= 0.3 is 0 Å². The van der Waals surface area contributed by atoms with Crippen molar-refractivity contribution >= 4 is 0 Å². The molecule has 132 valence electrons. The van der Waals surface area contributed by atoms with Gasteiger partial charge in [0.05, 0.1) is 0 Å². The lowest BCUT2D eigenvalue weighted by molar-refractivity contribution is 0.103. The van der Waals surface area contributed by atoms with Crippen LogP contribution in [0.3, 0.4) is 0 Å². The molecule has 0 heterocycles. The molecule has 0 radical (unpaired) electrons. The maximum absolute atomic E-state index is 14.7. The molecule has 0 nitrogen and oxygen atoms in total. The fourth-order valence-corrected chi connectivity index (χ4v) is 3.82. The SMILES string of the molecule is CC1CCC(C(C)CC(F)C(C)C(C)CC(F)C(C)C)CC1. The van der Waals surface area contributed by atoms with E-state index in [4.69, 9.17) is 0 Å². The zero-order valence-corrected chi connectivity index (χ0v) is 15.6. The van der Waals surface area contributed by atoms with Gasteiger partial charge in [-0.25, -0.2) is 8.78 Å². The summed E-state index contributed by atoms with van der Waals surface area (Å²) in [7, 11) is 0. The Labute approximate surface area is 137 Å². The first-order chi connectivity index (χ1) is 10.2.